The molecule has 5 nitrogen and oxygen atoms in total. The van der Waals surface area contributed by atoms with Gasteiger partial charge in [-0.2, -0.15) is 0 Å². The van der Waals surface area contributed by atoms with Crippen molar-refractivity contribution in [2.24, 2.45) is 5.73 Å². The Balaban J connectivity index is 1.96. The third-order valence-electron chi connectivity index (χ3n) is 4.59. The van der Waals surface area contributed by atoms with Gasteiger partial charge >= 0.3 is 0 Å². The topological polar surface area (TPSA) is 58.8 Å². The van der Waals surface area contributed by atoms with Gasteiger partial charge in [0.25, 0.3) is 0 Å². The number of likely N-dealkylation sites (tertiary alicyclic amines) is 2. The summed E-state index contributed by atoms with van der Waals surface area (Å²) in [5.74, 6) is 0.270. The predicted molar refractivity (Wildman–Crippen MR) is 74.9 cm³/mol. The second-order valence-corrected chi connectivity index (χ2v) is 5.72. The molecule has 110 valence electrons. The molecular formula is C14H27N3O2. The summed E-state index contributed by atoms with van der Waals surface area (Å²) in [7, 11) is 1.76. The van der Waals surface area contributed by atoms with Crippen molar-refractivity contribution in [2.45, 2.75) is 50.8 Å². The Bertz CT molecular complexity index is 305. The molecule has 0 spiro atoms. The van der Waals surface area contributed by atoms with Crippen molar-refractivity contribution in [1.82, 2.24) is 9.80 Å². The highest BCUT2D eigenvalue weighted by molar-refractivity contribution is 5.81. The van der Waals surface area contributed by atoms with Crippen LogP contribution < -0.4 is 5.73 Å². The Hall–Kier alpha value is -0.650. The van der Waals surface area contributed by atoms with E-state index in [2.05, 4.69) is 4.90 Å². The molecule has 2 saturated heterocycles. The van der Waals surface area contributed by atoms with Crippen LogP contribution in [-0.4, -0.2) is 67.2 Å². The van der Waals surface area contributed by atoms with Crippen LogP contribution in [0.3, 0.4) is 0 Å². The third-order valence-corrected chi connectivity index (χ3v) is 4.59. The summed E-state index contributed by atoms with van der Waals surface area (Å²) in [5, 5.41) is 0. The van der Waals surface area contributed by atoms with E-state index in [4.69, 9.17) is 10.5 Å². The Morgan fingerprint density at radius 1 is 1.37 bits per heavy atom. The Kier molecular flexibility index (Phi) is 5.19. The fourth-order valence-corrected chi connectivity index (χ4v) is 3.33. The van der Waals surface area contributed by atoms with Crippen molar-refractivity contribution in [1.29, 1.82) is 0 Å². The van der Waals surface area contributed by atoms with Gasteiger partial charge in [0, 0.05) is 39.3 Å². The average molecular weight is 269 g/mol. The molecule has 2 rings (SSSR count). The quantitative estimate of drug-likeness (QED) is 0.804. The van der Waals surface area contributed by atoms with E-state index in [0.717, 1.165) is 45.3 Å². The lowest BCUT2D eigenvalue weighted by Crippen LogP contribution is -2.56. The van der Waals surface area contributed by atoms with E-state index in [9.17, 15) is 4.79 Å². The lowest BCUT2D eigenvalue weighted by atomic mass is 9.97. The van der Waals surface area contributed by atoms with E-state index in [1.54, 1.807) is 7.11 Å². The van der Waals surface area contributed by atoms with Crippen LogP contribution in [0.4, 0.5) is 0 Å². The van der Waals surface area contributed by atoms with Gasteiger partial charge in [-0.15, -0.1) is 0 Å². The van der Waals surface area contributed by atoms with Crippen LogP contribution in [0, 0.1) is 0 Å². The van der Waals surface area contributed by atoms with Crippen LogP contribution in [0.25, 0.3) is 0 Å². The standard InChI is InChI=1S/C14H27N3O2/c1-11(14(18)16-6-3-4-7-16)17-8-5-13(19-2)9-12(17)10-15/h11-13H,3-10,15H2,1-2H3. The molecule has 2 aliphatic heterocycles. The summed E-state index contributed by atoms with van der Waals surface area (Å²) in [6.45, 7) is 5.37. The molecule has 0 aromatic carbocycles. The molecule has 19 heavy (non-hydrogen) atoms. The molecule has 2 aliphatic rings. The van der Waals surface area contributed by atoms with E-state index >= 15 is 0 Å². The van der Waals surface area contributed by atoms with Gasteiger partial charge in [0.05, 0.1) is 12.1 Å². The van der Waals surface area contributed by atoms with Gasteiger partial charge < -0.3 is 15.4 Å². The third kappa shape index (κ3) is 3.27. The minimum Gasteiger partial charge on any atom is -0.381 e. The highest BCUT2D eigenvalue weighted by Crippen LogP contribution is 2.23. The predicted octanol–water partition coefficient (Wildman–Crippen LogP) is 0.435. The number of carbonyl (C=O) groups is 1. The second-order valence-electron chi connectivity index (χ2n) is 5.72. The van der Waals surface area contributed by atoms with E-state index < -0.39 is 0 Å². The van der Waals surface area contributed by atoms with Crippen LogP contribution in [0.15, 0.2) is 0 Å². The van der Waals surface area contributed by atoms with Crippen LogP contribution in [0.5, 0.6) is 0 Å². The molecule has 1 amide bonds. The Morgan fingerprint density at radius 2 is 2.05 bits per heavy atom. The van der Waals surface area contributed by atoms with E-state index in [0.29, 0.717) is 12.6 Å². The maximum atomic E-state index is 12.5. The SMILES string of the molecule is COC1CCN(C(C)C(=O)N2CCCC2)C(CN)C1. The zero-order valence-electron chi connectivity index (χ0n) is 12.2. The van der Waals surface area contributed by atoms with Gasteiger partial charge in [0.2, 0.25) is 5.91 Å². The molecule has 0 bridgehead atoms. The molecule has 2 N–H and O–H groups in total. The molecule has 5 heteroatoms. The molecule has 0 saturated carbocycles. The number of hydrogen-bond donors (Lipinski definition) is 1. The lowest BCUT2D eigenvalue weighted by Gasteiger charge is -2.42. The van der Waals surface area contributed by atoms with Gasteiger partial charge in [-0.1, -0.05) is 0 Å². The van der Waals surface area contributed by atoms with Crippen LogP contribution in [-0.2, 0) is 9.53 Å². The normalized spacial score (nSPS) is 30.6. The minimum absolute atomic E-state index is 0.0514. The molecule has 0 radical (unpaired) electrons. The number of hydrogen-bond acceptors (Lipinski definition) is 4. The van der Waals surface area contributed by atoms with Crippen LogP contribution >= 0.6 is 0 Å². The van der Waals surface area contributed by atoms with Crippen molar-refractivity contribution < 1.29 is 9.53 Å². The summed E-state index contributed by atoms with van der Waals surface area (Å²) in [5.41, 5.74) is 5.88. The summed E-state index contributed by atoms with van der Waals surface area (Å²) < 4.78 is 5.43. The monoisotopic (exact) mass is 269 g/mol. The number of nitrogens with zero attached hydrogens (tertiary/aromatic N) is 2. The maximum absolute atomic E-state index is 12.5. The molecular weight excluding hydrogens is 242 g/mol. The van der Waals surface area contributed by atoms with E-state index in [-0.39, 0.29) is 18.0 Å². The molecule has 2 fully saturated rings. The number of carbonyl (C=O) groups excluding carboxylic acids is 1. The first-order valence-corrected chi connectivity index (χ1v) is 7.44. The molecule has 0 aliphatic carbocycles. The van der Waals surface area contributed by atoms with E-state index in [1.165, 1.54) is 0 Å². The molecule has 0 aromatic rings. The lowest BCUT2D eigenvalue weighted by molar-refractivity contribution is -0.137. The van der Waals surface area contributed by atoms with Crippen molar-refractivity contribution in [3.63, 3.8) is 0 Å². The van der Waals surface area contributed by atoms with Crippen molar-refractivity contribution in [3.8, 4) is 0 Å². The van der Waals surface area contributed by atoms with Gasteiger partial charge in [-0.3, -0.25) is 9.69 Å². The summed E-state index contributed by atoms with van der Waals surface area (Å²) >= 11 is 0. The number of rotatable bonds is 4. The number of ether oxygens (including phenoxy) is 1. The highest BCUT2D eigenvalue weighted by atomic mass is 16.5. The molecule has 0 aromatic heterocycles. The zero-order chi connectivity index (χ0) is 13.8. The summed E-state index contributed by atoms with van der Waals surface area (Å²) in [4.78, 5) is 16.7. The number of methoxy groups -OCH3 is 1. The largest absolute Gasteiger partial charge is 0.381 e. The fourth-order valence-electron chi connectivity index (χ4n) is 3.33. The van der Waals surface area contributed by atoms with Gasteiger partial charge in [0.1, 0.15) is 0 Å². The first-order chi connectivity index (χ1) is 9.17. The average Bonchev–Trinajstić information content (AvgIpc) is 2.99. The first kappa shape index (κ1) is 14.8. The van der Waals surface area contributed by atoms with Gasteiger partial charge in [0.15, 0.2) is 0 Å². The summed E-state index contributed by atoms with van der Waals surface area (Å²) in [6.07, 6.45) is 4.50. The smallest absolute Gasteiger partial charge is 0.239 e. The van der Waals surface area contributed by atoms with Crippen molar-refractivity contribution >= 4 is 5.91 Å². The van der Waals surface area contributed by atoms with Gasteiger partial charge in [-0.05, 0) is 32.6 Å². The maximum Gasteiger partial charge on any atom is 0.239 e. The number of amides is 1. The number of piperidine rings is 1. The minimum atomic E-state index is -0.0514. The highest BCUT2D eigenvalue weighted by Gasteiger charge is 2.35. The van der Waals surface area contributed by atoms with Crippen LogP contribution in [0.2, 0.25) is 0 Å². The second kappa shape index (κ2) is 6.68. The van der Waals surface area contributed by atoms with Gasteiger partial charge in [-0.25, -0.2) is 0 Å². The molecule has 3 atom stereocenters. The molecule has 3 unspecified atom stereocenters. The summed E-state index contributed by atoms with van der Waals surface area (Å²) in [6, 6.07) is 0.213. The Labute approximate surface area is 116 Å². The van der Waals surface area contributed by atoms with Crippen LogP contribution in [0.1, 0.15) is 32.6 Å². The first-order valence-electron chi connectivity index (χ1n) is 7.44. The zero-order valence-corrected chi connectivity index (χ0v) is 12.2. The van der Waals surface area contributed by atoms with E-state index in [1.807, 2.05) is 11.8 Å². The fraction of sp³-hybridized carbons (Fsp3) is 0.929. The molecule has 2 heterocycles. The number of nitrogens with two attached hydrogens (primary N) is 1. The Morgan fingerprint density at radius 3 is 2.63 bits per heavy atom. The van der Waals surface area contributed by atoms with Crippen molar-refractivity contribution in [2.75, 3.05) is 33.3 Å². The van der Waals surface area contributed by atoms with Crippen molar-refractivity contribution in [3.05, 3.63) is 0 Å².